The standard InChI is InChI=1S/C15H22O2/c1-10-7-11(14(2,3)4)13(17)12(8-10)15(5,6)9-16/h7-8,16H,1,9H2,2-6H3. The van der Waals surface area contributed by atoms with Crippen LogP contribution in [-0.4, -0.2) is 17.5 Å². The Hall–Kier alpha value is -1.15. The molecule has 0 bridgehead atoms. The summed E-state index contributed by atoms with van der Waals surface area (Å²) in [6, 6.07) is 0. The molecule has 0 fully saturated rings. The molecule has 1 N–H and O–H groups in total. The molecule has 2 nitrogen and oxygen atoms in total. The zero-order valence-electron chi connectivity index (χ0n) is 11.4. The molecule has 17 heavy (non-hydrogen) atoms. The summed E-state index contributed by atoms with van der Waals surface area (Å²) >= 11 is 0. The first-order chi connectivity index (χ1) is 7.59. The Bertz CT molecular complexity index is 415. The maximum Gasteiger partial charge on any atom is 0.186 e. The van der Waals surface area contributed by atoms with E-state index in [0.29, 0.717) is 5.57 Å². The van der Waals surface area contributed by atoms with Crippen molar-refractivity contribution in [1.82, 2.24) is 0 Å². The number of aliphatic hydroxyl groups excluding tert-OH is 1. The van der Waals surface area contributed by atoms with Crippen LogP contribution in [0.15, 0.2) is 35.5 Å². The molecular weight excluding hydrogens is 212 g/mol. The van der Waals surface area contributed by atoms with E-state index in [4.69, 9.17) is 0 Å². The third-order valence-corrected chi connectivity index (χ3v) is 3.08. The van der Waals surface area contributed by atoms with E-state index in [1.165, 1.54) is 0 Å². The summed E-state index contributed by atoms with van der Waals surface area (Å²) in [7, 11) is 0. The summed E-state index contributed by atoms with van der Waals surface area (Å²) in [6.07, 6.45) is 3.63. The first-order valence-electron chi connectivity index (χ1n) is 5.88. The van der Waals surface area contributed by atoms with Crippen LogP contribution in [0.4, 0.5) is 0 Å². The monoisotopic (exact) mass is 234 g/mol. The van der Waals surface area contributed by atoms with Crippen molar-refractivity contribution in [2.24, 2.45) is 10.8 Å². The van der Waals surface area contributed by atoms with Crippen molar-refractivity contribution in [3.63, 3.8) is 0 Å². The maximum absolute atomic E-state index is 12.4. The molecule has 1 aliphatic carbocycles. The fourth-order valence-electron chi connectivity index (χ4n) is 1.83. The van der Waals surface area contributed by atoms with Crippen molar-refractivity contribution < 1.29 is 9.90 Å². The average molecular weight is 234 g/mol. The van der Waals surface area contributed by atoms with Crippen LogP contribution in [0, 0.1) is 10.8 Å². The van der Waals surface area contributed by atoms with Crippen molar-refractivity contribution in [2.45, 2.75) is 34.6 Å². The van der Waals surface area contributed by atoms with E-state index >= 15 is 0 Å². The topological polar surface area (TPSA) is 37.3 Å². The van der Waals surface area contributed by atoms with Crippen molar-refractivity contribution >= 4 is 5.78 Å². The highest BCUT2D eigenvalue weighted by atomic mass is 16.3. The minimum Gasteiger partial charge on any atom is -0.395 e. The van der Waals surface area contributed by atoms with E-state index in [-0.39, 0.29) is 17.8 Å². The Morgan fingerprint density at radius 3 is 2.00 bits per heavy atom. The number of carbonyl (C=O) groups excluding carboxylic acids is 1. The summed E-state index contributed by atoms with van der Waals surface area (Å²) < 4.78 is 0. The molecule has 0 aromatic rings. The summed E-state index contributed by atoms with van der Waals surface area (Å²) in [6.45, 7) is 13.7. The van der Waals surface area contributed by atoms with E-state index in [2.05, 4.69) is 6.58 Å². The van der Waals surface area contributed by atoms with Gasteiger partial charge in [0.15, 0.2) is 5.78 Å². The molecular formula is C15H22O2. The number of Topliss-reactive ketones (excluding diaryl/α,β-unsaturated/α-hetero) is 1. The minimum absolute atomic E-state index is 0.0314. The highest BCUT2D eigenvalue weighted by Gasteiger charge is 2.35. The minimum atomic E-state index is -0.523. The lowest BCUT2D eigenvalue weighted by molar-refractivity contribution is -0.114. The molecule has 0 atom stereocenters. The molecule has 0 heterocycles. The molecule has 1 rings (SSSR count). The molecule has 0 spiro atoms. The van der Waals surface area contributed by atoms with Gasteiger partial charge >= 0.3 is 0 Å². The van der Waals surface area contributed by atoms with Crippen LogP contribution in [0.5, 0.6) is 0 Å². The number of rotatable bonds is 2. The zero-order chi connectivity index (χ0) is 13.4. The van der Waals surface area contributed by atoms with Crippen LogP contribution in [0.1, 0.15) is 34.6 Å². The zero-order valence-corrected chi connectivity index (χ0v) is 11.4. The van der Waals surface area contributed by atoms with Crippen LogP contribution < -0.4 is 0 Å². The summed E-state index contributed by atoms with van der Waals surface area (Å²) in [5.41, 5.74) is 1.51. The van der Waals surface area contributed by atoms with E-state index in [9.17, 15) is 9.90 Å². The van der Waals surface area contributed by atoms with Crippen LogP contribution in [-0.2, 0) is 4.79 Å². The lowest BCUT2D eigenvalue weighted by atomic mass is 9.71. The van der Waals surface area contributed by atoms with Crippen molar-refractivity contribution in [1.29, 1.82) is 0 Å². The molecule has 2 heteroatoms. The van der Waals surface area contributed by atoms with Crippen molar-refractivity contribution in [2.75, 3.05) is 6.61 Å². The number of hydrogen-bond donors (Lipinski definition) is 1. The van der Waals surface area contributed by atoms with Gasteiger partial charge in [0.2, 0.25) is 0 Å². The second kappa shape index (κ2) is 4.26. The van der Waals surface area contributed by atoms with Crippen LogP contribution in [0.3, 0.4) is 0 Å². The van der Waals surface area contributed by atoms with Gasteiger partial charge in [-0.15, -0.1) is 0 Å². The van der Waals surface area contributed by atoms with Gasteiger partial charge in [-0.2, -0.15) is 0 Å². The molecule has 1 aliphatic rings. The number of carbonyl (C=O) groups is 1. The predicted octanol–water partition coefficient (Wildman–Crippen LogP) is 3.04. The molecule has 0 radical (unpaired) electrons. The maximum atomic E-state index is 12.4. The van der Waals surface area contributed by atoms with Crippen LogP contribution in [0.2, 0.25) is 0 Å². The van der Waals surface area contributed by atoms with Gasteiger partial charge in [0.1, 0.15) is 0 Å². The second-order valence-corrected chi connectivity index (χ2v) is 6.31. The Morgan fingerprint density at radius 1 is 1.12 bits per heavy atom. The van der Waals surface area contributed by atoms with Crippen molar-refractivity contribution in [3.05, 3.63) is 35.5 Å². The van der Waals surface area contributed by atoms with E-state index < -0.39 is 5.41 Å². The number of hydrogen-bond acceptors (Lipinski definition) is 2. The average Bonchev–Trinajstić information content (AvgIpc) is 2.19. The molecule has 0 saturated carbocycles. The Kier molecular flexibility index (Phi) is 3.49. The fourth-order valence-corrected chi connectivity index (χ4v) is 1.83. The highest BCUT2D eigenvalue weighted by molar-refractivity contribution is 6.11. The number of aliphatic hydroxyl groups is 1. The van der Waals surface area contributed by atoms with Gasteiger partial charge in [0.05, 0.1) is 6.61 Å². The smallest absolute Gasteiger partial charge is 0.186 e. The Morgan fingerprint density at radius 2 is 1.59 bits per heavy atom. The van der Waals surface area contributed by atoms with Gasteiger partial charge in [-0.05, 0) is 23.1 Å². The lowest BCUT2D eigenvalue weighted by Crippen LogP contribution is -2.31. The molecule has 0 amide bonds. The molecule has 0 aliphatic heterocycles. The summed E-state index contributed by atoms with van der Waals surface area (Å²) in [5, 5.41) is 9.40. The molecule has 0 unspecified atom stereocenters. The normalized spacial score (nSPS) is 18.0. The van der Waals surface area contributed by atoms with Crippen LogP contribution in [0.25, 0.3) is 0 Å². The highest BCUT2D eigenvalue weighted by Crippen LogP contribution is 2.38. The third kappa shape index (κ3) is 2.75. The molecule has 0 aromatic heterocycles. The largest absolute Gasteiger partial charge is 0.395 e. The first-order valence-corrected chi connectivity index (χ1v) is 5.88. The lowest BCUT2D eigenvalue weighted by Gasteiger charge is -2.32. The quantitative estimate of drug-likeness (QED) is 0.797. The van der Waals surface area contributed by atoms with Gasteiger partial charge in [-0.1, -0.05) is 41.2 Å². The SMILES string of the molecule is C=C1C=C(C(C)(C)C)C(=O)C(C(C)(C)CO)=C1. The number of allylic oxidation sites excluding steroid dienone is 4. The third-order valence-electron chi connectivity index (χ3n) is 3.08. The van der Waals surface area contributed by atoms with E-state index in [0.717, 1.165) is 11.1 Å². The molecule has 94 valence electrons. The fraction of sp³-hybridized carbons (Fsp3) is 0.533. The second-order valence-electron chi connectivity index (χ2n) is 6.31. The van der Waals surface area contributed by atoms with Gasteiger partial charge < -0.3 is 5.11 Å². The van der Waals surface area contributed by atoms with E-state index in [1.807, 2.05) is 40.7 Å². The molecule has 0 aromatic carbocycles. The predicted molar refractivity (Wildman–Crippen MR) is 70.6 cm³/mol. The van der Waals surface area contributed by atoms with Crippen molar-refractivity contribution in [3.8, 4) is 0 Å². The summed E-state index contributed by atoms with van der Waals surface area (Å²) in [5.74, 6) is 0.0314. The first kappa shape index (κ1) is 13.9. The molecule has 0 saturated heterocycles. The van der Waals surface area contributed by atoms with Crippen LogP contribution >= 0.6 is 0 Å². The Balaban J connectivity index is 3.24. The number of ketones is 1. The summed E-state index contributed by atoms with van der Waals surface area (Å²) in [4.78, 5) is 12.4. The van der Waals surface area contributed by atoms with Gasteiger partial charge in [-0.3, -0.25) is 4.79 Å². The van der Waals surface area contributed by atoms with Gasteiger partial charge in [0.25, 0.3) is 0 Å². The van der Waals surface area contributed by atoms with Gasteiger partial charge in [-0.25, -0.2) is 0 Å². The van der Waals surface area contributed by atoms with E-state index in [1.54, 1.807) is 6.08 Å². The van der Waals surface area contributed by atoms with Gasteiger partial charge in [0, 0.05) is 16.6 Å². The Labute approximate surface area is 104 Å².